The third-order valence-electron chi connectivity index (χ3n) is 4.42. The molecule has 0 saturated carbocycles. The molecule has 5 nitrogen and oxygen atoms in total. The minimum absolute atomic E-state index is 0.603. The monoisotopic (exact) mass is 261 g/mol. The number of likely N-dealkylation sites (tertiary alicyclic amines) is 1. The van der Waals surface area contributed by atoms with E-state index in [1.165, 1.54) is 18.5 Å². The molecule has 0 bridgehead atoms. The lowest BCUT2D eigenvalue weighted by Crippen LogP contribution is -2.24. The molecule has 0 radical (unpaired) electrons. The van der Waals surface area contributed by atoms with Gasteiger partial charge < -0.3 is 15.5 Å². The number of hydrogen-bond donors (Lipinski definition) is 1. The van der Waals surface area contributed by atoms with Crippen LogP contribution in [0.2, 0.25) is 0 Å². The molecule has 0 spiro atoms. The second-order valence-electron chi connectivity index (χ2n) is 5.90. The maximum Gasteiger partial charge on any atom is 0.225 e. The zero-order chi connectivity index (χ0) is 13.2. The normalized spacial score (nSPS) is 28.2. The summed E-state index contributed by atoms with van der Waals surface area (Å²) in [5.41, 5.74) is 7.00. The molecule has 2 fully saturated rings. The molecule has 2 unspecified atom stereocenters. The Labute approximate surface area is 114 Å². The van der Waals surface area contributed by atoms with Gasteiger partial charge >= 0.3 is 0 Å². The van der Waals surface area contributed by atoms with Crippen molar-refractivity contribution in [2.45, 2.75) is 18.8 Å². The van der Waals surface area contributed by atoms with Crippen molar-refractivity contribution in [1.29, 1.82) is 0 Å². The lowest BCUT2D eigenvalue weighted by atomic mass is 10.0. The van der Waals surface area contributed by atoms with Gasteiger partial charge in [0.2, 0.25) is 5.95 Å². The maximum absolute atomic E-state index is 5.72. The molecule has 3 heterocycles. The minimum atomic E-state index is 0.603. The molecule has 0 aromatic carbocycles. The standard InChI is InChI=1S/C14H23N5/c1-18-4-3-12(10-18)13-7-16-14(17-8-13)19-5-2-11(6-15)9-19/h7-8,11-12H,2-6,9-10,15H2,1H3. The Hall–Kier alpha value is -1.20. The fourth-order valence-corrected chi connectivity index (χ4v) is 3.12. The van der Waals surface area contributed by atoms with Gasteiger partial charge in [0.1, 0.15) is 0 Å². The number of likely N-dealkylation sites (N-methyl/N-ethyl adjacent to an activating group) is 1. The molecule has 2 aliphatic heterocycles. The van der Waals surface area contributed by atoms with Gasteiger partial charge in [-0.3, -0.25) is 0 Å². The molecular weight excluding hydrogens is 238 g/mol. The first-order chi connectivity index (χ1) is 9.26. The Morgan fingerprint density at radius 1 is 1.21 bits per heavy atom. The Bertz CT molecular complexity index is 418. The number of aromatic nitrogens is 2. The van der Waals surface area contributed by atoms with Crippen LogP contribution in [-0.2, 0) is 0 Å². The molecule has 1 aromatic rings. The highest BCUT2D eigenvalue weighted by atomic mass is 15.3. The Morgan fingerprint density at radius 3 is 2.58 bits per heavy atom. The van der Waals surface area contributed by atoms with Crippen LogP contribution in [-0.4, -0.2) is 54.6 Å². The third-order valence-corrected chi connectivity index (χ3v) is 4.42. The van der Waals surface area contributed by atoms with Crippen molar-refractivity contribution in [2.75, 3.05) is 44.7 Å². The van der Waals surface area contributed by atoms with Gasteiger partial charge in [-0.1, -0.05) is 0 Å². The Morgan fingerprint density at radius 2 is 2.00 bits per heavy atom. The van der Waals surface area contributed by atoms with E-state index in [0.29, 0.717) is 11.8 Å². The molecule has 19 heavy (non-hydrogen) atoms. The van der Waals surface area contributed by atoms with E-state index < -0.39 is 0 Å². The molecule has 104 valence electrons. The van der Waals surface area contributed by atoms with Gasteiger partial charge in [-0.25, -0.2) is 9.97 Å². The predicted molar refractivity (Wildman–Crippen MR) is 76.3 cm³/mol. The number of rotatable bonds is 3. The number of nitrogens with zero attached hydrogens (tertiary/aromatic N) is 4. The number of anilines is 1. The van der Waals surface area contributed by atoms with E-state index in [9.17, 15) is 0 Å². The van der Waals surface area contributed by atoms with Crippen LogP contribution < -0.4 is 10.6 Å². The van der Waals surface area contributed by atoms with Gasteiger partial charge in [-0.05, 0) is 44.5 Å². The molecule has 0 amide bonds. The van der Waals surface area contributed by atoms with Gasteiger partial charge in [0, 0.05) is 37.9 Å². The molecule has 2 atom stereocenters. The second-order valence-corrected chi connectivity index (χ2v) is 5.90. The summed E-state index contributed by atoms with van der Waals surface area (Å²) in [4.78, 5) is 13.7. The highest BCUT2D eigenvalue weighted by Crippen LogP contribution is 2.26. The first-order valence-corrected chi connectivity index (χ1v) is 7.21. The van der Waals surface area contributed by atoms with Crippen LogP contribution in [0.3, 0.4) is 0 Å². The molecule has 1 aromatic heterocycles. The van der Waals surface area contributed by atoms with Crippen molar-refractivity contribution < 1.29 is 0 Å². The average molecular weight is 261 g/mol. The summed E-state index contributed by atoms with van der Waals surface area (Å²) in [6.45, 7) is 5.11. The topological polar surface area (TPSA) is 58.3 Å². The first kappa shape index (κ1) is 12.8. The Balaban J connectivity index is 1.66. The van der Waals surface area contributed by atoms with Gasteiger partial charge in [-0.2, -0.15) is 0 Å². The van der Waals surface area contributed by atoms with Gasteiger partial charge in [0.25, 0.3) is 0 Å². The van der Waals surface area contributed by atoms with Crippen LogP contribution in [0.15, 0.2) is 12.4 Å². The Kier molecular flexibility index (Phi) is 3.66. The van der Waals surface area contributed by atoms with Crippen LogP contribution in [0.5, 0.6) is 0 Å². The quantitative estimate of drug-likeness (QED) is 0.867. The van der Waals surface area contributed by atoms with E-state index in [4.69, 9.17) is 5.73 Å². The van der Waals surface area contributed by atoms with Crippen LogP contribution in [0.25, 0.3) is 0 Å². The van der Waals surface area contributed by atoms with Crippen molar-refractivity contribution in [1.82, 2.24) is 14.9 Å². The van der Waals surface area contributed by atoms with Crippen LogP contribution in [0.1, 0.15) is 24.3 Å². The number of hydrogen-bond acceptors (Lipinski definition) is 5. The van der Waals surface area contributed by atoms with Crippen LogP contribution in [0.4, 0.5) is 5.95 Å². The maximum atomic E-state index is 5.72. The van der Waals surface area contributed by atoms with E-state index in [2.05, 4.69) is 26.8 Å². The lowest BCUT2D eigenvalue weighted by Gasteiger charge is -2.17. The molecule has 2 aliphatic rings. The summed E-state index contributed by atoms with van der Waals surface area (Å²) in [6.07, 6.45) is 6.41. The fraction of sp³-hybridized carbons (Fsp3) is 0.714. The smallest absolute Gasteiger partial charge is 0.225 e. The van der Waals surface area contributed by atoms with Crippen LogP contribution >= 0.6 is 0 Å². The average Bonchev–Trinajstić information content (AvgIpc) is 3.07. The van der Waals surface area contributed by atoms with Crippen LogP contribution in [0, 0.1) is 5.92 Å². The zero-order valence-electron chi connectivity index (χ0n) is 11.6. The van der Waals surface area contributed by atoms with E-state index in [1.807, 2.05) is 12.4 Å². The van der Waals surface area contributed by atoms with Crippen molar-refractivity contribution in [3.05, 3.63) is 18.0 Å². The van der Waals surface area contributed by atoms with Gasteiger partial charge in [0.15, 0.2) is 0 Å². The SMILES string of the molecule is CN1CCC(c2cnc(N3CCC(CN)C3)nc2)C1. The first-order valence-electron chi connectivity index (χ1n) is 7.21. The number of nitrogens with two attached hydrogens (primary N) is 1. The van der Waals surface area contributed by atoms with E-state index in [0.717, 1.165) is 38.5 Å². The lowest BCUT2D eigenvalue weighted by molar-refractivity contribution is 0.411. The highest BCUT2D eigenvalue weighted by Gasteiger charge is 2.25. The summed E-state index contributed by atoms with van der Waals surface area (Å²) in [6, 6.07) is 0. The minimum Gasteiger partial charge on any atom is -0.340 e. The van der Waals surface area contributed by atoms with E-state index >= 15 is 0 Å². The van der Waals surface area contributed by atoms with E-state index in [1.54, 1.807) is 0 Å². The largest absolute Gasteiger partial charge is 0.340 e. The third kappa shape index (κ3) is 2.72. The van der Waals surface area contributed by atoms with Gasteiger partial charge in [0.05, 0.1) is 0 Å². The molecular formula is C14H23N5. The van der Waals surface area contributed by atoms with Gasteiger partial charge in [-0.15, -0.1) is 0 Å². The van der Waals surface area contributed by atoms with Crippen molar-refractivity contribution in [2.24, 2.45) is 11.7 Å². The van der Waals surface area contributed by atoms with Crippen molar-refractivity contribution >= 4 is 5.95 Å². The molecule has 2 N–H and O–H groups in total. The van der Waals surface area contributed by atoms with Crippen molar-refractivity contribution in [3.8, 4) is 0 Å². The molecule has 5 heteroatoms. The summed E-state index contributed by atoms with van der Waals surface area (Å²) in [5, 5.41) is 0. The highest BCUT2D eigenvalue weighted by molar-refractivity contribution is 5.32. The predicted octanol–water partition coefficient (Wildman–Crippen LogP) is 0.681. The zero-order valence-corrected chi connectivity index (χ0v) is 11.6. The van der Waals surface area contributed by atoms with E-state index in [-0.39, 0.29) is 0 Å². The molecule has 3 rings (SSSR count). The summed E-state index contributed by atoms with van der Waals surface area (Å²) in [5.74, 6) is 2.08. The summed E-state index contributed by atoms with van der Waals surface area (Å²) >= 11 is 0. The summed E-state index contributed by atoms with van der Waals surface area (Å²) < 4.78 is 0. The molecule has 0 aliphatic carbocycles. The fourth-order valence-electron chi connectivity index (χ4n) is 3.12. The van der Waals surface area contributed by atoms with Crippen molar-refractivity contribution in [3.63, 3.8) is 0 Å². The second kappa shape index (κ2) is 5.43. The summed E-state index contributed by atoms with van der Waals surface area (Å²) in [7, 11) is 2.17. The molecule has 2 saturated heterocycles.